The molecule has 0 aliphatic rings. The molecular weight excluding hydrogens is 418 g/mol. The number of hydrogen-bond donors (Lipinski definition) is 4. The Labute approximate surface area is 177 Å². The van der Waals surface area contributed by atoms with E-state index in [0.717, 1.165) is 0 Å². The van der Waals surface area contributed by atoms with Crippen molar-refractivity contribution in [3.8, 4) is 0 Å². The molecule has 4 N–H and O–H groups in total. The number of carboxylic acids is 1. The fourth-order valence-corrected chi connectivity index (χ4v) is 3.31. The number of hydrogen-bond acceptors (Lipinski definition) is 6. The molecule has 1 radical (unpaired) electrons. The van der Waals surface area contributed by atoms with Gasteiger partial charge in [0.25, 0.3) is 0 Å². The van der Waals surface area contributed by atoms with E-state index in [-0.39, 0.29) is 23.8 Å². The first kappa shape index (κ1) is 21.4. The number of nitrogens with zero attached hydrogens (tertiary/aromatic N) is 1. The normalized spacial score (nSPS) is 12.0. The monoisotopic (exact) mass is 433 g/mol. The van der Waals surface area contributed by atoms with E-state index in [1.165, 1.54) is 6.07 Å². The lowest BCUT2D eigenvalue weighted by Crippen LogP contribution is -2.16. The lowest BCUT2D eigenvalue weighted by Gasteiger charge is -2.21. The second kappa shape index (κ2) is 9.43. The van der Waals surface area contributed by atoms with Gasteiger partial charge in [0.05, 0.1) is 29.1 Å². The summed E-state index contributed by atoms with van der Waals surface area (Å²) in [6.07, 6.45) is 1.57. The Hall–Kier alpha value is -2.36. The number of carbonyl (C=O) groups is 1. The van der Waals surface area contributed by atoms with Gasteiger partial charge < -0.3 is 25.2 Å². The van der Waals surface area contributed by atoms with Crippen molar-refractivity contribution in [3.05, 3.63) is 63.8 Å². The number of aromatic carboxylic acids is 1. The molecule has 1 unspecified atom stereocenters. The number of nitrogens with one attached hydrogen (secondary N) is 1. The van der Waals surface area contributed by atoms with Crippen molar-refractivity contribution in [1.29, 1.82) is 0 Å². The van der Waals surface area contributed by atoms with Gasteiger partial charge in [0, 0.05) is 39.7 Å². The summed E-state index contributed by atoms with van der Waals surface area (Å²) in [6.45, 7) is -0.301. The summed E-state index contributed by atoms with van der Waals surface area (Å²) in [4.78, 5) is 16.1. The highest BCUT2D eigenvalue weighted by atomic mass is 35.5. The number of benzene rings is 2. The molecular formula is C19H16BCl2N2O5. The van der Waals surface area contributed by atoms with E-state index in [0.29, 0.717) is 40.5 Å². The average molecular weight is 434 g/mol. The second-order valence-electron chi connectivity index (χ2n) is 6.19. The second-order valence-corrected chi connectivity index (χ2v) is 7.06. The summed E-state index contributed by atoms with van der Waals surface area (Å²) in [7, 11) is 0.544. The van der Waals surface area contributed by atoms with Crippen LogP contribution in [0.25, 0.3) is 10.9 Å². The molecule has 0 aliphatic carbocycles. The molecule has 1 atom stereocenters. The third-order valence-corrected chi connectivity index (χ3v) is 4.83. The Morgan fingerprint density at radius 1 is 1.21 bits per heavy atom. The van der Waals surface area contributed by atoms with Gasteiger partial charge in [0.2, 0.25) is 0 Å². The van der Waals surface area contributed by atoms with E-state index >= 15 is 0 Å². The van der Waals surface area contributed by atoms with Crippen molar-refractivity contribution in [3.63, 3.8) is 0 Å². The van der Waals surface area contributed by atoms with Gasteiger partial charge in [0.1, 0.15) is 0 Å². The minimum Gasteiger partial charge on any atom is -0.478 e. The maximum Gasteiger partial charge on any atom is 0.485 e. The van der Waals surface area contributed by atoms with Crippen LogP contribution < -0.4 is 5.32 Å². The molecule has 0 spiro atoms. The van der Waals surface area contributed by atoms with Crippen LogP contribution in [0, 0.1) is 0 Å². The van der Waals surface area contributed by atoms with E-state index in [1.54, 1.807) is 36.5 Å². The Morgan fingerprint density at radius 2 is 1.93 bits per heavy atom. The average Bonchev–Trinajstić information content (AvgIpc) is 2.70. The number of rotatable bonds is 8. The van der Waals surface area contributed by atoms with Crippen LogP contribution in [0.4, 0.5) is 11.4 Å². The highest BCUT2D eigenvalue weighted by Crippen LogP contribution is 2.36. The number of aliphatic hydroxyl groups is 1. The molecule has 10 heteroatoms. The molecule has 0 saturated carbocycles. The SMILES string of the molecule is O=C(O)c1cc(Cl)ccc1Nc1c(C(CO)CO[B]O)cnc2ccc(Cl)cc12. The number of carboxylic acid groups (broad SMARTS) is 1. The molecule has 3 rings (SSSR count). The van der Waals surface area contributed by atoms with Crippen LogP contribution in [-0.4, -0.2) is 47.1 Å². The third-order valence-electron chi connectivity index (χ3n) is 4.36. The van der Waals surface area contributed by atoms with Crippen LogP contribution in [0.5, 0.6) is 0 Å². The fourth-order valence-electron chi connectivity index (χ4n) is 2.97. The molecule has 0 amide bonds. The summed E-state index contributed by atoms with van der Waals surface area (Å²) in [5, 5.41) is 32.7. The van der Waals surface area contributed by atoms with Crippen LogP contribution in [0.2, 0.25) is 10.0 Å². The van der Waals surface area contributed by atoms with Crippen LogP contribution >= 0.6 is 23.2 Å². The van der Waals surface area contributed by atoms with Crippen molar-refractivity contribution in [2.75, 3.05) is 18.5 Å². The minimum atomic E-state index is -1.15. The Kier molecular flexibility index (Phi) is 6.94. The molecule has 149 valence electrons. The van der Waals surface area contributed by atoms with Crippen LogP contribution in [0.15, 0.2) is 42.6 Å². The van der Waals surface area contributed by atoms with Crippen molar-refractivity contribution in [1.82, 2.24) is 4.98 Å². The molecule has 0 aliphatic heterocycles. The molecule has 1 aromatic heterocycles. The first-order valence-electron chi connectivity index (χ1n) is 8.51. The maximum absolute atomic E-state index is 11.7. The quantitative estimate of drug-likeness (QED) is 0.401. The van der Waals surface area contributed by atoms with Crippen molar-refractivity contribution < 1.29 is 24.7 Å². The molecule has 7 nitrogen and oxygen atoms in total. The highest BCUT2D eigenvalue weighted by Gasteiger charge is 2.20. The number of anilines is 2. The number of fused-ring (bicyclic) bond motifs is 1. The zero-order valence-electron chi connectivity index (χ0n) is 15.0. The molecule has 3 aromatic rings. The highest BCUT2D eigenvalue weighted by molar-refractivity contribution is 6.31. The summed E-state index contributed by atoms with van der Waals surface area (Å²) < 4.78 is 4.94. The van der Waals surface area contributed by atoms with Gasteiger partial charge in [-0.25, -0.2) is 4.79 Å². The standard InChI is InChI=1S/C19H16BCl2N2O5/c21-11-1-3-16-13(5-11)18(15(7-23-16)10(8-25)9-29-20-28)24-17-4-2-12(22)6-14(17)19(26)27/h1-7,10,25,28H,8-9H2,(H,23,24)(H,26,27). The zero-order chi connectivity index (χ0) is 21.0. The van der Waals surface area contributed by atoms with E-state index in [1.807, 2.05) is 0 Å². The molecule has 1 heterocycles. The number of pyridine rings is 1. The Bertz CT molecular complexity index is 1050. The summed E-state index contributed by atoms with van der Waals surface area (Å²) in [6, 6.07) is 9.59. The Balaban J connectivity index is 2.19. The first-order chi connectivity index (χ1) is 13.9. The number of aliphatic hydroxyl groups excluding tert-OH is 1. The molecule has 2 aromatic carbocycles. The number of aromatic nitrogens is 1. The van der Waals surface area contributed by atoms with Gasteiger partial charge in [-0.1, -0.05) is 23.2 Å². The van der Waals surface area contributed by atoms with Gasteiger partial charge in [0.15, 0.2) is 0 Å². The maximum atomic E-state index is 11.7. The van der Waals surface area contributed by atoms with Crippen LogP contribution in [-0.2, 0) is 4.65 Å². The third kappa shape index (κ3) is 4.80. The molecule has 0 saturated heterocycles. The van der Waals surface area contributed by atoms with Gasteiger partial charge in [-0.05, 0) is 36.4 Å². The van der Waals surface area contributed by atoms with Crippen molar-refractivity contribution >= 4 is 59.1 Å². The van der Waals surface area contributed by atoms with E-state index in [2.05, 4.69) is 10.3 Å². The Morgan fingerprint density at radius 3 is 2.62 bits per heavy atom. The smallest absolute Gasteiger partial charge is 0.478 e. The summed E-state index contributed by atoms with van der Waals surface area (Å²) in [5.74, 6) is -1.69. The van der Waals surface area contributed by atoms with E-state index in [4.69, 9.17) is 32.9 Å². The van der Waals surface area contributed by atoms with Gasteiger partial charge in [-0.3, -0.25) is 4.98 Å². The van der Waals surface area contributed by atoms with Gasteiger partial charge in [-0.15, -0.1) is 0 Å². The lowest BCUT2D eigenvalue weighted by atomic mass is 9.97. The largest absolute Gasteiger partial charge is 0.485 e. The molecule has 0 fully saturated rings. The van der Waals surface area contributed by atoms with E-state index in [9.17, 15) is 15.0 Å². The summed E-state index contributed by atoms with van der Waals surface area (Å²) >= 11 is 12.1. The summed E-state index contributed by atoms with van der Waals surface area (Å²) in [5.41, 5.74) is 1.99. The zero-order valence-corrected chi connectivity index (χ0v) is 16.5. The van der Waals surface area contributed by atoms with Crippen molar-refractivity contribution in [2.24, 2.45) is 0 Å². The first-order valence-corrected chi connectivity index (χ1v) is 9.26. The predicted molar refractivity (Wildman–Crippen MR) is 112 cm³/mol. The number of halogens is 2. The predicted octanol–water partition coefficient (Wildman–Crippen LogP) is 3.60. The van der Waals surface area contributed by atoms with Gasteiger partial charge in [-0.2, -0.15) is 0 Å². The minimum absolute atomic E-state index is 0.0121. The molecule has 29 heavy (non-hydrogen) atoms. The van der Waals surface area contributed by atoms with Crippen LogP contribution in [0.3, 0.4) is 0 Å². The van der Waals surface area contributed by atoms with Gasteiger partial charge >= 0.3 is 13.7 Å². The topological polar surface area (TPSA) is 112 Å². The van der Waals surface area contributed by atoms with Crippen LogP contribution in [0.1, 0.15) is 21.8 Å². The fraction of sp³-hybridized carbons (Fsp3) is 0.158. The van der Waals surface area contributed by atoms with Crippen molar-refractivity contribution in [2.45, 2.75) is 5.92 Å². The van der Waals surface area contributed by atoms with E-state index < -0.39 is 11.9 Å². The molecule has 0 bridgehead atoms. The lowest BCUT2D eigenvalue weighted by molar-refractivity contribution is 0.0698.